The topological polar surface area (TPSA) is 60.2 Å². The van der Waals surface area contributed by atoms with Crippen molar-refractivity contribution in [2.75, 3.05) is 11.5 Å². The number of aryl methyl sites for hydroxylation is 1. The predicted molar refractivity (Wildman–Crippen MR) is 67.1 cm³/mol. The van der Waals surface area contributed by atoms with Crippen molar-refractivity contribution in [1.29, 1.82) is 0 Å². The quantitative estimate of drug-likeness (QED) is 0.847. The molecule has 4 heteroatoms. The molecule has 16 heavy (non-hydrogen) atoms. The Labute approximate surface area is 97.6 Å². The van der Waals surface area contributed by atoms with Crippen molar-refractivity contribution in [1.82, 2.24) is 0 Å². The van der Waals surface area contributed by atoms with Gasteiger partial charge in [0.1, 0.15) is 0 Å². The molecule has 1 rings (SSSR count). The Morgan fingerprint density at radius 2 is 1.75 bits per heavy atom. The summed E-state index contributed by atoms with van der Waals surface area (Å²) in [5.74, 6) is 0.199. The highest BCUT2D eigenvalue weighted by molar-refractivity contribution is 7.91. The van der Waals surface area contributed by atoms with Crippen LogP contribution in [0.4, 0.5) is 0 Å². The van der Waals surface area contributed by atoms with Crippen LogP contribution < -0.4 is 5.73 Å². The van der Waals surface area contributed by atoms with Gasteiger partial charge in [0.15, 0.2) is 9.84 Å². The van der Waals surface area contributed by atoms with Gasteiger partial charge in [0.25, 0.3) is 0 Å². The number of hydrogen-bond donors (Lipinski definition) is 1. The fraction of sp³-hybridized carbons (Fsp3) is 0.500. The molecular formula is C12H19NO2S. The van der Waals surface area contributed by atoms with Crippen LogP contribution in [-0.4, -0.2) is 25.5 Å². The summed E-state index contributed by atoms with van der Waals surface area (Å²) in [4.78, 5) is 0. The van der Waals surface area contributed by atoms with E-state index in [4.69, 9.17) is 5.73 Å². The Bertz CT molecular complexity index is 418. The molecular weight excluding hydrogens is 222 g/mol. The summed E-state index contributed by atoms with van der Waals surface area (Å²) in [5.41, 5.74) is 6.10. The third-order valence-corrected chi connectivity index (χ3v) is 4.15. The summed E-state index contributed by atoms with van der Waals surface area (Å²) >= 11 is 0. The lowest BCUT2D eigenvalue weighted by Gasteiger charge is -2.18. The standard InChI is InChI=1S/C12H19NO2S/c1-12(2,13)10-16(14,15)9-8-11-6-4-3-5-7-11/h3-7H,8-10,13H2,1-2H3. The van der Waals surface area contributed by atoms with E-state index in [1.165, 1.54) is 0 Å². The first kappa shape index (κ1) is 13.2. The van der Waals surface area contributed by atoms with E-state index in [0.29, 0.717) is 6.42 Å². The summed E-state index contributed by atoms with van der Waals surface area (Å²) < 4.78 is 23.5. The van der Waals surface area contributed by atoms with Gasteiger partial charge >= 0.3 is 0 Å². The van der Waals surface area contributed by atoms with Crippen LogP contribution >= 0.6 is 0 Å². The highest BCUT2D eigenvalue weighted by atomic mass is 32.2. The van der Waals surface area contributed by atoms with E-state index in [2.05, 4.69) is 0 Å². The van der Waals surface area contributed by atoms with Crippen LogP contribution in [0.25, 0.3) is 0 Å². The van der Waals surface area contributed by atoms with E-state index >= 15 is 0 Å². The molecule has 0 aromatic heterocycles. The van der Waals surface area contributed by atoms with Gasteiger partial charge in [0, 0.05) is 5.54 Å². The molecule has 0 spiro atoms. The molecule has 1 aromatic rings. The number of nitrogens with two attached hydrogens (primary N) is 1. The summed E-state index contributed by atoms with van der Waals surface area (Å²) in [6.07, 6.45) is 0.555. The second-order valence-electron chi connectivity index (χ2n) is 4.82. The van der Waals surface area contributed by atoms with Gasteiger partial charge in [0.05, 0.1) is 11.5 Å². The fourth-order valence-electron chi connectivity index (χ4n) is 1.56. The first-order chi connectivity index (χ1) is 7.29. The third-order valence-electron chi connectivity index (χ3n) is 2.14. The van der Waals surface area contributed by atoms with Crippen LogP contribution in [0, 0.1) is 0 Å². The van der Waals surface area contributed by atoms with Crippen molar-refractivity contribution in [2.45, 2.75) is 25.8 Å². The van der Waals surface area contributed by atoms with Crippen LogP contribution in [-0.2, 0) is 16.3 Å². The zero-order valence-corrected chi connectivity index (χ0v) is 10.6. The number of rotatable bonds is 5. The molecule has 0 amide bonds. The molecule has 0 saturated carbocycles. The SMILES string of the molecule is CC(C)(N)CS(=O)(=O)CCc1ccccc1. The lowest BCUT2D eigenvalue weighted by Crippen LogP contribution is -2.40. The molecule has 90 valence electrons. The van der Waals surface area contributed by atoms with Crippen molar-refractivity contribution < 1.29 is 8.42 Å². The number of benzene rings is 1. The van der Waals surface area contributed by atoms with Gasteiger partial charge in [-0.1, -0.05) is 30.3 Å². The third kappa shape index (κ3) is 5.28. The Balaban J connectivity index is 2.56. The second-order valence-corrected chi connectivity index (χ2v) is 7.00. The zero-order chi connectivity index (χ0) is 12.2. The molecule has 0 fully saturated rings. The van der Waals surface area contributed by atoms with Gasteiger partial charge in [0.2, 0.25) is 0 Å². The molecule has 0 aliphatic carbocycles. The summed E-state index contributed by atoms with van der Waals surface area (Å²) in [7, 11) is -3.06. The molecule has 1 aromatic carbocycles. The Kier molecular flexibility index (Phi) is 4.10. The van der Waals surface area contributed by atoms with Gasteiger partial charge in [-0.25, -0.2) is 8.42 Å². The van der Waals surface area contributed by atoms with Gasteiger partial charge in [-0.15, -0.1) is 0 Å². The Morgan fingerprint density at radius 1 is 1.19 bits per heavy atom. The molecule has 0 aliphatic rings. The molecule has 0 aliphatic heterocycles. The van der Waals surface area contributed by atoms with Crippen LogP contribution in [0.15, 0.2) is 30.3 Å². The van der Waals surface area contributed by atoms with E-state index in [0.717, 1.165) is 5.56 Å². The van der Waals surface area contributed by atoms with Gasteiger partial charge in [-0.3, -0.25) is 0 Å². The summed E-state index contributed by atoms with van der Waals surface area (Å²) in [6, 6.07) is 9.61. The average Bonchev–Trinajstić information content (AvgIpc) is 2.13. The predicted octanol–water partition coefficient (Wildman–Crippen LogP) is 1.38. The van der Waals surface area contributed by atoms with Crippen molar-refractivity contribution in [3.8, 4) is 0 Å². The maximum absolute atomic E-state index is 11.7. The molecule has 0 unspecified atom stereocenters. The minimum Gasteiger partial charge on any atom is -0.325 e. The van der Waals surface area contributed by atoms with E-state index < -0.39 is 15.4 Å². The lowest BCUT2D eigenvalue weighted by atomic mass is 10.1. The van der Waals surface area contributed by atoms with Crippen LogP contribution in [0.2, 0.25) is 0 Å². The van der Waals surface area contributed by atoms with Gasteiger partial charge in [-0.05, 0) is 25.8 Å². The number of sulfone groups is 1. The van der Waals surface area contributed by atoms with Crippen molar-refractivity contribution >= 4 is 9.84 Å². The highest BCUT2D eigenvalue weighted by Crippen LogP contribution is 2.07. The smallest absolute Gasteiger partial charge is 0.152 e. The van der Waals surface area contributed by atoms with Crippen molar-refractivity contribution in [2.24, 2.45) is 5.73 Å². The molecule has 0 bridgehead atoms. The van der Waals surface area contributed by atoms with Gasteiger partial charge < -0.3 is 5.73 Å². The largest absolute Gasteiger partial charge is 0.325 e. The minimum absolute atomic E-state index is 0.0346. The first-order valence-corrected chi connectivity index (χ1v) is 7.14. The number of hydrogen-bond acceptors (Lipinski definition) is 3. The van der Waals surface area contributed by atoms with Crippen LogP contribution in [0.5, 0.6) is 0 Å². The monoisotopic (exact) mass is 241 g/mol. The molecule has 0 heterocycles. The highest BCUT2D eigenvalue weighted by Gasteiger charge is 2.21. The van der Waals surface area contributed by atoms with Crippen LogP contribution in [0.1, 0.15) is 19.4 Å². The maximum atomic E-state index is 11.7. The molecule has 3 nitrogen and oxygen atoms in total. The fourth-order valence-corrected chi connectivity index (χ4v) is 3.38. The average molecular weight is 241 g/mol. The molecule has 0 atom stereocenters. The van der Waals surface area contributed by atoms with Crippen molar-refractivity contribution in [3.63, 3.8) is 0 Å². The minimum atomic E-state index is -3.06. The first-order valence-electron chi connectivity index (χ1n) is 5.32. The van der Waals surface area contributed by atoms with E-state index in [1.807, 2.05) is 30.3 Å². The molecule has 0 saturated heterocycles. The second kappa shape index (κ2) is 4.97. The zero-order valence-electron chi connectivity index (χ0n) is 9.81. The summed E-state index contributed by atoms with van der Waals surface area (Å²) in [6.45, 7) is 3.46. The molecule has 2 N–H and O–H groups in total. The van der Waals surface area contributed by atoms with E-state index in [1.54, 1.807) is 13.8 Å². The van der Waals surface area contributed by atoms with E-state index in [-0.39, 0.29) is 11.5 Å². The van der Waals surface area contributed by atoms with Gasteiger partial charge in [-0.2, -0.15) is 0 Å². The summed E-state index contributed by atoms with van der Waals surface area (Å²) in [5, 5.41) is 0. The Hall–Kier alpha value is -0.870. The lowest BCUT2D eigenvalue weighted by molar-refractivity contribution is 0.544. The maximum Gasteiger partial charge on any atom is 0.152 e. The molecule has 0 radical (unpaired) electrons. The van der Waals surface area contributed by atoms with Crippen LogP contribution in [0.3, 0.4) is 0 Å². The van der Waals surface area contributed by atoms with Crippen molar-refractivity contribution in [3.05, 3.63) is 35.9 Å². The Morgan fingerprint density at radius 3 is 2.25 bits per heavy atom. The normalized spacial score (nSPS) is 12.7. The van der Waals surface area contributed by atoms with E-state index in [9.17, 15) is 8.42 Å².